The normalized spacial score (nSPS) is 32.0. The molecule has 0 aromatic carbocycles. The second kappa shape index (κ2) is 4.05. The number of rotatable bonds is 2. The van der Waals surface area contributed by atoms with E-state index in [0.29, 0.717) is 17.9 Å². The van der Waals surface area contributed by atoms with Crippen LogP contribution in [0, 0.1) is 5.92 Å². The highest BCUT2D eigenvalue weighted by Gasteiger charge is 2.33. The second-order valence-electron chi connectivity index (χ2n) is 4.07. The van der Waals surface area contributed by atoms with E-state index in [4.69, 9.17) is 0 Å². The number of nitrogens with one attached hydrogen (secondary N) is 1. The molecule has 1 aromatic heterocycles. The molecule has 0 radical (unpaired) electrons. The average molecular weight is 191 g/mol. The van der Waals surface area contributed by atoms with E-state index in [0.717, 1.165) is 5.69 Å². The summed E-state index contributed by atoms with van der Waals surface area (Å²) in [4.78, 5) is 8.52. The minimum absolute atomic E-state index is 0.584. The van der Waals surface area contributed by atoms with Gasteiger partial charge in [0.2, 0.25) is 0 Å². The molecule has 1 aromatic rings. The molecule has 1 saturated carbocycles. The smallest absolute Gasteiger partial charge is 0.0620 e. The van der Waals surface area contributed by atoms with Crippen molar-refractivity contribution in [2.24, 2.45) is 5.92 Å². The molecule has 3 heteroatoms. The first-order valence-corrected chi connectivity index (χ1v) is 5.26. The van der Waals surface area contributed by atoms with Crippen LogP contribution in [-0.2, 0) is 0 Å². The lowest BCUT2D eigenvalue weighted by Crippen LogP contribution is -2.28. The maximum atomic E-state index is 4.39. The van der Waals surface area contributed by atoms with Gasteiger partial charge in [-0.15, -0.1) is 0 Å². The summed E-state index contributed by atoms with van der Waals surface area (Å²) in [5.74, 6) is 1.25. The fourth-order valence-corrected chi connectivity index (χ4v) is 2.49. The van der Waals surface area contributed by atoms with Crippen LogP contribution in [0.3, 0.4) is 0 Å². The van der Waals surface area contributed by atoms with Gasteiger partial charge in [0.1, 0.15) is 0 Å². The molecular weight excluding hydrogens is 174 g/mol. The Hall–Kier alpha value is -0.960. The Bertz CT molecular complexity index is 286. The summed E-state index contributed by atoms with van der Waals surface area (Å²) in [6.07, 6.45) is 7.90. The molecule has 1 aliphatic rings. The minimum Gasteiger partial charge on any atom is -0.317 e. The van der Waals surface area contributed by atoms with Gasteiger partial charge in [0, 0.05) is 30.6 Å². The molecule has 76 valence electrons. The van der Waals surface area contributed by atoms with E-state index in [2.05, 4.69) is 22.2 Å². The lowest BCUT2D eigenvalue weighted by Gasteiger charge is -2.19. The van der Waals surface area contributed by atoms with Gasteiger partial charge in [0.25, 0.3) is 0 Å². The first-order chi connectivity index (χ1) is 6.83. The molecule has 3 nitrogen and oxygen atoms in total. The topological polar surface area (TPSA) is 37.8 Å². The summed E-state index contributed by atoms with van der Waals surface area (Å²) in [5.41, 5.74) is 1.15. The number of nitrogens with zero attached hydrogens (tertiary/aromatic N) is 2. The number of aromatic nitrogens is 2. The van der Waals surface area contributed by atoms with E-state index < -0.39 is 0 Å². The van der Waals surface area contributed by atoms with E-state index >= 15 is 0 Å². The van der Waals surface area contributed by atoms with Crippen LogP contribution in [0.5, 0.6) is 0 Å². The molecule has 0 bridgehead atoms. The Labute approximate surface area is 85.0 Å². The second-order valence-corrected chi connectivity index (χ2v) is 4.07. The highest BCUT2D eigenvalue weighted by molar-refractivity contribution is 5.09. The molecule has 3 unspecified atom stereocenters. The maximum absolute atomic E-state index is 4.39. The summed E-state index contributed by atoms with van der Waals surface area (Å²) < 4.78 is 0. The van der Waals surface area contributed by atoms with Crippen molar-refractivity contribution >= 4 is 0 Å². The molecular formula is C11H17N3. The fraction of sp³-hybridized carbons (Fsp3) is 0.636. The third-order valence-corrected chi connectivity index (χ3v) is 3.39. The van der Waals surface area contributed by atoms with Gasteiger partial charge in [-0.1, -0.05) is 6.92 Å². The largest absolute Gasteiger partial charge is 0.317 e. The summed E-state index contributed by atoms with van der Waals surface area (Å²) >= 11 is 0. The van der Waals surface area contributed by atoms with Crippen LogP contribution in [0.4, 0.5) is 0 Å². The molecule has 1 N–H and O–H groups in total. The lowest BCUT2D eigenvalue weighted by atomic mass is 9.93. The zero-order chi connectivity index (χ0) is 9.97. The van der Waals surface area contributed by atoms with Crippen LogP contribution in [0.1, 0.15) is 31.4 Å². The standard InChI is InChI=1S/C11H17N3/c1-8-9(3-4-10(8)12-2)11-7-13-5-6-14-11/h5-10,12H,3-4H2,1-2H3. The predicted octanol–water partition coefficient (Wildman–Crippen LogP) is 1.58. The quantitative estimate of drug-likeness (QED) is 0.771. The van der Waals surface area contributed by atoms with Crippen molar-refractivity contribution in [1.82, 2.24) is 15.3 Å². The van der Waals surface area contributed by atoms with Crippen LogP contribution in [0.15, 0.2) is 18.6 Å². The average Bonchev–Trinajstić information content (AvgIpc) is 2.61. The third-order valence-electron chi connectivity index (χ3n) is 3.39. The molecule has 1 aliphatic carbocycles. The maximum Gasteiger partial charge on any atom is 0.0620 e. The van der Waals surface area contributed by atoms with Gasteiger partial charge in [0.05, 0.1) is 5.69 Å². The van der Waals surface area contributed by atoms with Crippen LogP contribution in [0.25, 0.3) is 0 Å². The molecule has 0 aliphatic heterocycles. The Morgan fingerprint density at radius 1 is 1.36 bits per heavy atom. The van der Waals surface area contributed by atoms with Crippen molar-refractivity contribution in [3.8, 4) is 0 Å². The lowest BCUT2D eigenvalue weighted by molar-refractivity contribution is 0.424. The zero-order valence-electron chi connectivity index (χ0n) is 8.77. The van der Waals surface area contributed by atoms with Crippen LogP contribution < -0.4 is 5.32 Å². The monoisotopic (exact) mass is 191 g/mol. The highest BCUT2D eigenvalue weighted by atomic mass is 14.9. The van der Waals surface area contributed by atoms with Crippen LogP contribution >= 0.6 is 0 Å². The predicted molar refractivity (Wildman–Crippen MR) is 56.0 cm³/mol. The molecule has 1 fully saturated rings. The Morgan fingerprint density at radius 2 is 2.21 bits per heavy atom. The van der Waals surface area contributed by atoms with Gasteiger partial charge in [-0.2, -0.15) is 0 Å². The third kappa shape index (κ3) is 1.64. The van der Waals surface area contributed by atoms with Gasteiger partial charge in [-0.05, 0) is 25.8 Å². The summed E-state index contributed by atoms with van der Waals surface area (Å²) in [6.45, 7) is 2.30. The van der Waals surface area contributed by atoms with E-state index in [1.807, 2.05) is 13.2 Å². The number of hydrogen-bond acceptors (Lipinski definition) is 3. The summed E-state index contributed by atoms with van der Waals surface area (Å²) in [6, 6.07) is 0.641. The Kier molecular flexibility index (Phi) is 2.77. The molecule has 14 heavy (non-hydrogen) atoms. The van der Waals surface area contributed by atoms with Crippen LogP contribution in [0.2, 0.25) is 0 Å². The van der Waals surface area contributed by atoms with Crippen molar-refractivity contribution in [2.75, 3.05) is 7.05 Å². The first-order valence-electron chi connectivity index (χ1n) is 5.26. The fourth-order valence-electron chi connectivity index (χ4n) is 2.49. The van der Waals surface area contributed by atoms with Crippen molar-refractivity contribution < 1.29 is 0 Å². The Morgan fingerprint density at radius 3 is 2.79 bits per heavy atom. The molecule has 0 amide bonds. The van der Waals surface area contributed by atoms with Crippen molar-refractivity contribution in [3.05, 3.63) is 24.3 Å². The SMILES string of the molecule is CNC1CCC(c2cnccn2)C1C. The van der Waals surface area contributed by atoms with Crippen molar-refractivity contribution in [1.29, 1.82) is 0 Å². The van der Waals surface area contributed by atoms with Gasteiger partial charge in [-0.25, -0.2) is 0 Å². The molecule has 0 spiro atoms. The van der Waals surface area contributed by atoms with E-state index in [-0.39, 0.29) is 0 Å². The summed E-state index contributed by atoms with van der Waals surface area (Å²) in [5, 5.41) is 3.37. The molecule has 2 rings (SSSR count). The molecule has 0 saturated heterocycles. The first kappa shape index (κ1) is 9.59. The van der Waals surface area contributed by atoms with Gasteiger partial charge in [-0.3, -0.25) is 9.97 Å². The van der Waals surface area contributed by atoms with Gasteiger partial charge in [0.15, 0.2) is 0 Å². The minimum atomic E-state index is 0.584. The number of hydrogen-bond donors (Lipinski definition) is 1. The van der Waals surface area contributed by atoms with Gasteiger partial charge < -0.3 is 5.32 Å². The van der Waals surface area contributed by atoms with Crippen LogP contribution in [-0.4, -0.2) is 23.1 Å². The van der Waals surface area contributed by atoms with E-state index in [9.17, 15) is 0 Å². The molecule has 3 atom stereocenters. The highest BCUT2D eigenvalue weighted by Crippen LogP contribution is 2.38. The Balaban J connectivity index is 2.14. The molecule has 1 heterocycles. The van der Waals surface area contributed by atoms with Crippen molar-refractivity contribution in [2.45, 2.75) is 31.7 Å². The van der Waals surface area contributed by atoms with Gasteiger partial charge >= 0.3 is 0 Å². The van der Waals surface area contributed by atoms with E-state index in [1.165, 1.54) is 12.8 Å². The summed E-state index contributed by atoms with van der Waals surface area (Å²) in [7, 11) is 2.04. The van der Waals surface area contributed by atoms with Crippen molar-refractivity contribution in [3.63, 3.8) is 0 Å². The van der Waals surface area contributed by atoms with E-state index in [1.54, 1.807) is 12.4 Å². The zero-order valence-corrected chi connectivity index (χ0v) is 8.77.